The van der Waals surface area contributed by atoms with Crippen molar-refractivity contribution in [2.75, 3.05) is 13.7 Å². The van der Waals surface area contributed by atoms with Crippen LogP contribution in [0.15, 0.2) is 64.5 Å². The third-order valence-corrected chi connectivity index (χ3v) is 5.55. The third kappa shape index (κ3) is 4.06. The van der Waals surface area contributed by atoms with Crippen LogP contribution in [-0.2, 0) is 11.8 Å². The molecule has 1 N–H and O–H groups in total. The van der Waals surface area contributed by atoms with Gasteiger partial charge in [-0.1, -0.05) is 0 Å². The summed E-state index contributed by atoms with van der Waals surface area (Å²) >= 11 is 0. The molecule has 1 aliphatic rings. The number of rotatable bonds is 5. The van der Waals surface area contributed by atoms with E-state index in [2.05, 4.69) is 5.32 Å². The Kier molecular flexibility index (Phi) is 5.90. The number of fused-ring (bicyclic) bond motifs is 3. The molecule has 0 radical (unpaired) electrons. The van der Waals surface area contributed by atoms with Crippen molar-refractivity contribution in [3.05, 3.63) is 87.6 Å². The minimum absolute atomic E-state index is 0.0871. The lowest BCUT2D eigenvalue weighted by atomic mass is 9.91. The first-order chi connectivity index (χ1) is 15.4. The molecular weight excluding hydrogens is 409 g/mol. The maximum absolute atomic E-state index is 13.6. The quantitative estimate of drug-likeness (QED) is 0.668. The number of hydrogen-bond acceptors (Lipinski definition) is 4. The number of ether oxygens (including phenoxy) is 1. The van der Waals surface area contributed by atoms with Crippen molar-refractivity contribution < 1.29 is 13.9 Å². The van der Waals surface area contributed by atoms with Gasteiger partial charge in [-0.25, -0.2) is 4.39 Å². The molecular formula is C25H24FN3O3. The number of aryl methyl sites for hydroxylation is 1. The summed E-state index contributed by atoms with van der Waals surface area (Å²) < 4.78 is 20.6. The maximum atomic E-state index is 13.6. The topological polar surface area (TPSA) is 72.7 Å². The Labute approximate surface area is 185 Å². The van der Waals surface area contributed by atoms with Gasteiger partial charge in [0.25, 0.3) is 5.56 Å². The Balaban J connectivity index is 2.01. The van der Waals surface area contributed by atoms with E-state index < -0.39 is 6.04 Å². The molecule has 0 bridgehead atoms. The molecule has 7 heteroatoms. The molecule has 0 fully saturated rings. The number of amides is 1. The van der Waals surface area contributed by atoms with Crippen LogP contribution < -0.4 is 15.6 Å². The van der Waals surface area contributed by atoms with E-state index in [1.807, 2.05) is 25.1 Å². The van der Waals surface area contributed by atoms with Gasteiger partial charge in [0.1, 0.15) is 11.6 Å². The average molecular weight is 433 g/mol. The number of pyridine rings is 1. The van der Waals surface area contributed by atoms with E-state index in [-0.39, 0.29) is 23.7 Å². The van der Waals surface area contributed by atoms with Gasteiger partial charge < -0.3 is 14.6 Å². The Hall–Kier alpha value is -3.74. The van der Waals surface area contributed by atoms with Gasteiger partial charge in [-0.15, -0.1) is 0 Å². The standard InChI is InChI=1S/C25H24FN3O3/c1-4-27-23(30)13-22-20-12-24(31)29(2)14-21(20)19-11-17(32-3)9-10-18(19)25(28-22)15-5-7-16(26)8-6-15/h5-12,14,22H,4,13H2,1-3H3,(H,27,30). The molecule has 0 spiro atoms. The summed E-state index contributed by atoms with van der Waals surface area (Å²) in [6.45, 7) is 2.35. The van der Waals surface area contributed by atoms with E-state index in [0.29, 0.717) is 23.6 Å². The van der Waals surface area contributed by atoms with Crippen molar-refractivity contribution in [3.63, 3.8) is 0 Å². The lowest BCUT2D eigenvalue weighted by Crippen LogP contribution is -2.25. The summed E-state index contributed by atoms with van der Waals surface area (Å²) in [5.74, 6) is 0.155. The third-order valence-electron chi connectivity index (χ3n) is 5.55. The first kappa shape index (κ1) is 21.5. The lowest BCUT2D eigenvalue weighted by molar-refractivity contribution is -0.121. The van der Waals surface area contributed by atoms with E-state index in [1.54, 1.807) is 38.6 Å². The number of benzene rings is 2. The second-order valence-corrected chi connectivity index (χ2v) is 7.66. The van der Waals surface area contributed by atoms with Gasteiger partial charge in [-0.3, -0.25) is 14.6 Å². The van der Waals surface area contributed by atoms with Crippen LogP contribution in [0, 0.1) is 5.82 Å². The number of aliphatic imine (C=N–C) groups is 1. The summed E-state index contributed by atoms with van der Waals surface area (Å²) in [7, 11) is 3.28. The number of halogens is 1. The minimum Gasteiger partial charge on any atom is -0.497 e. The van der Waals surface area contributed by atoms with E-state index in [0.717, 1.165) is 22.3 Å². The Morgan fingerprint density at radius 1 is 1.12 bits per heavy atom. The van der Waals surface area contributed by atoms with Crippen LogP contribution in [0.1, 0.15) is 36.1 Å². The van der Waals surface area contributed by atoms with E-state index in [1.165, 1.54) is 16.7 Å². The van der Waals surface area contributed by atoms with Crippen LogP contribution in [-0.4, -0.2) is 29.8 Å². The van der Waals surface area contributed by atoms with Gasteiger partial charge in [0.2, 0.25) is 5.91 Å². The number of nitrogens with one attached hydrogen (secondary N) is 1. The van der Waals surface area contributed by atoms with E-state index in [9.17, 15) is 14.0 Å². The molecule has 2 aromatic carbocycles. The number of carbonyl (C=O) groups is 1. The number of aromatic nitrogens is 1. The highest BCUT2D eigenvalue weighted by atomic mass is 19.1. The van der Waals surface area contributed by atoms with Gasteiger partial charge in [0.15, 0.2) is 0 Å². The normalized spacial score (nSPS) is 14.6. The molecule has 2 heterocycles. The largest absolute Gasteiger partial charge is 0.497 e. The molecule has 0 aliphatic carbocycles. The zero-order valence-electron chi connectivity index (χ0n) is 18.2. The van der Waals surface area contributed by atoms with Crippen LogP contribution in [0.25, 0.3) is 11.1 Å². The Morgan fingerprint density at radius 3 is 2.56 bits per heavy atom. The number of methoxy groups -OCH3 is 1. The Morgan fingerprint density at radius 2 is 1.88 bits per heavy atom. The molecule has 164 valence electrons. The van der Waals surface area contributed by atoms with Crippen LogP contribution in [0.2, 0.25) is 0 Å². The summed E-state index contributed by atoms with van der Waals surface area (Å²) in [5.41, 5.74) is 4.28. The summed E-state index contributed by atoms with van der Waals surface area (Å²) in [6.07, 6.45) is 1.85. The van der Waals surface area contributed by atoms with Gasteiger partial charge in [-0.05, 0) is 60.5 Å². The van der Waals surface area contributed by atoms with Crippen molar-refractivity contribution in [3.8, 4) is 16.9 Å². The maximum Gasteiger partial charge on any atom is 0.250 e. The van der Waals surface area contributed by atoms with Gasteiger partial charge in [-0.2, -0.15) is 0 Å². The summed E-state index contributed by atoms with van der Waals surface area (Å²) in [6, 6.07) is 12.7. The smallest absolute Gasteiger partial charge is 0.250 e. The first-order valence-electron chi connectivity index (χ1n) is 10.4. The predicted molar refractivity (Wildman–Crippen MR) is 122 cm³/mol. The molecule has 0 saturated heterocycles. The van der Waals surface area contributed by atoms with Gasteiger partial charge in [0.05, 0.1) is 25.3 Å². The Bertz CT molecular complexity index is 1260. The molecule has 4 rings (SSSR count). The van der Waals surface area contributed by atoms with Crippen LogP contribution in [0.5, 0.6) is 5.75 Å². The fraction of sp³-hybridized carbons (Fsp3) is 0.240. The molecule has 1 atom stereocenters. The average Bonchev–Trinajstić information content (AvgIpc) is 2.90. The van der Waals surface area contributed by atoms with Crippen LogP contribution in [0.3, 0.4) is 0 Å². The molecule has 6 nitrogen and oxygen atoms in total. The number of carbonyl (C=O) groups excluding carboxylic acids is 1. The highest BCUT2D eigenvalue weighted by Crippen LogP contribution is 2.39. The van der Waals surface area contributed by atoms with Gasteiger partial charge >= 0.3 is 0 Å². The fourth-order valence-electron chi connectivity index (χ4n) is 3.96. The SMILES string of the molecule is CCNC(=O)CC1N=C(c2ccc(F)cc2)c2ccc(OC)cc2-c2cn(C)c(=O)cc21. The predicted octanol–water partition coefficient (Wildman–Crippen LogP) is 3.62. The molecule has 3 aromatic rings. The van der Waals surface area contributed by atoms with Crippen molar-refractivity contribution >= 4 is 11.6 Å². The van der Waals surface area contributed by atoms with Gasteiger partial charge in [0, 0.05) is 42.5 Å². The first-order valence-corrected chi connectivity index (χ1v) is 10.4. The number of nitrogens with zero attached hydrogens (tertiary/aromatic N) is 2. The van der Waals surface area contributed by atoms with Crippen LogP contribution in [0.4, 0.5) is 4.39 Å². The highest BCUT2D eigenvalue weighted by Gasteiger charge is 2.27. The molecule has 1 amide bonds. The summed E-state index contributed by atoms with van der Waals surface area (Å²) in [4.78, 5) is 30.0. The minimum atomic E-state index is -0.580. The highest BCUT2D eigenvalue weighted by molar-refractivity contribution is 6.17. The van der Waals surface area contributed by atoms with E-state index in [4.69, 9.17) is 9.73 Å². The van der Waals surface area contributed by atoms with Crippen molar-refractivity contribution in [1.82, 2.24) is 9.88 Å². The fourth-order valence-corrected chi connectivity index (χ4v) is 3.96. The molecule has 0 saturated carbocycles. The molecule has 1 aliphatic heterocycles. The molecule has 32 heavy (non-hydrogen) atoms. The van der Waals surface area contributed by atoms with Crippen LogP contribution >= 0.6 is 0 Å². The van der Waals surface area contributed by atoms with E-state index >= 15 is 0 Å². The second-order valence-electron chi connectivity index (χ2n) is 7.66. The van der Waals surface area contributed by atoms with Crippen molar-refractivity contribution in [1.29, 1.82) is 0 Å². The summed E-state index contributed by atoms with van der Waals surface area (Å²) in [5, 5.41) is 2.81. The monoisotopic (exact) mass is 433 g/mol. The van der Waals surface area contributed by atoms with Crippen molar-refractivity contribution in [2.24, 2.45) is 12.0 Å². The van der Waals surface area contributed by atoms with Crippen molar-refractivity contribution in [2.45, 2.75) is 19.4 Å². The zero-order valence-corrected chi connectivity index (χ0v) is 18.2. The second kappa shape index (κ2) is 8.78. The molecule has 1 unspecified atom stereocenters. The lowest BCUT2D eigenvalue weighted by Gasteiger charge is -2.16. The zero-order chi connectivity index (χ0) is 22.8. The number of hydrogen-bond donors (Lipinski definition) is 1. The molecule has 1 aromatic heterocycles.